The number of ether oxygens (including phenoxy) is 1. The van der Waals surface area contributed by atoms with Crippen LogP contribution in [0.5, 0.6) is 0 Å². The number of carbonyl (C=O) groups excluding carboxylic acids is 1. The first-order valence-corrected chi connectivity index (χ1v) is 8.51. The Morgan fingerprint density at radius 3 is 2.46 bits per heavy atom. The first kappa shape index (κ1) is 15.2. The molecule has 3 atom stereocenters. The summed E-state index contributed by atoms with van der Waals surface area (Å²) in [5.41, 5.74) is 3.32. The van der Waals surface area contributed by atoms with E-state index in [4.69, 9.17) is 4.74 Å². The number of rotatable bonds is 3. The number of hydrogen-bond donors (Lipinski definition) is 1. The van der Waals surface area contributed by atoms with E-state index in [1.54, 1.807) is 6.08 Å². The Morgan fingerprint density at radius 2 is 1.75 bits per heavy atom. The molecule has 1 unspecified atom stereocenters. The quantitative estimate of drug-likeness (QED) is 0.881. The summed E-state index contributed by atoms with van der Waals surface area (Å²) in [6, 6.07) is 21.5. The lowest BCUT2D eigenvalue weighted by atomic mass is 9.82. The van der Waals surface area contributed by atoms with E-state index in [2.05, 4.69) is 61.5 Å². The zero-order valence-corrected chi connectivity index (χ0v) is 13.9. The van der Waals surface area contributed by atoms with Crippen molar-refractivity contribution in [3.05, 3.63) is 83.4 Å². The van der Waals surface area contributed by atoms with E-state index in [9.17, 15) is 4.79 Å². The number of esters is 1. The van der Waals surface area contributed by atoms with E-state index in [0.29, 0.717) is 6.04 Å². The molecule has 122 valence electrons. The van der Waals surface area contributed by atoms with Crippen molar-refractivity contribution in [3.8, 4) is 0 Å². The Bertz CT molecular complexity index is 769. The van der Waals surface area contributed by atoms with Crippen molar-refractivity contribution in [2.24, 2.45) is 0 Å². The van der Waals surface area contributed by atoms with E-state index in [1.165, 1.54) is 16.0 Å². The summed E-state index contributed by atoms with van der Waals surface area (Å²) >= 11 is 0. The van der Waals surface area contributed by atoms with Crippen molar-refractivity contribution >= 4 is 5.97 Å². The summed E-state index contributed by atoms with van der Waals surface area (Å²) in [5.74, 6) is -0.194. The fourth-order valence-electron chi connectivity index (χ4n) is 4.04. The highest BCUT2D eigenvalue weighted by Gasteiger charge is 2.49. The SMILES string of the molecule is C[C@@]12C[NH+](Cc3ccccc3)[C@H](c3ccccc3)CC1=CC(=O)O2. The fourth-order valence-corrected chi connectivity index (χ4v) is 4.04. The first-order valence-electron chi connectivity index (χ1n) is 8.51. The molecule has 1 N–H and O–H groups in total. The average Bonchev–Trinajstić information content (AvgIpc) is 2.88. The van der Waals surface area contributed by atoms with E-state index < -0.39 is 5.60 Å². The summed E-state index contributed by atoms with van der Waals surface area (Å²) in [5, 5.41) is 0. The van der Waals surface area contributed by atoms with E-state index in [0.717, 1.165) is 25.1 Å². The van der Waals surface area contributed by atoms with Crippen LogP contribution in [-0.2, 0) is 16.1 Å². The number of carbonyl (C=O) groups is 1. The molecule has 2 aromatic carbocycles. The lowest BCUT2D eigenvalue weighted by Gasteiger charge is -2.41. The van der Waals surface area contributed by atoms with Crippen LogP contribution in [0.15, 0.2) is 72.3 Å². The molecular formula is C21H22NO2+. The molecule has 24 heavy (non-hydrogen) atoms. The zero-order chi connectivity index (χ0) is 16.6. The Kier molecular flexibility index (Phi) is 3.73. The summed E-state index contributed by atoms with van der Waals surface area (Å²) in [6.07, 6.45) is 2.57. The molecule has 2 heterocycles. The predicted octanol–water partition coefficient (Wildman–Crippen LogP) is 2.46. The van der Waals surface area contributed by atoms with Gasteiger partial charge in [-0.3, -0.25) is 0 Å². The molecule has 1 fully saturated rings. The van der Waals surface area contributed by atoms with E-state index >= 15 is 0 Å². The summed E-state index contributed by atoms with van der Waals surface area (Å²) < 4.78 is 5.65. The van der Waals surface area contributed by atoms with Crippen LogP contribution in [0.3, 0.4) is 0 Å². The monoisotopic (exact) mass is 320 g/mol. The molecule has 2 aromatic rings. The molecule has 0 aromatic heterocycles. The molecule has 0 bridgehead atoms. The number of piperidine rings is 1. The number of benzene rings is 2. The standard InChI is InChI=1S/C21H21NO2/c1-21-15-22(14-16-8-4-2-5-9-16)19(17-10-6-3-7-11-17)12-18(21)13-20(23)24-21/h2-11,13,19H,12,14-15H2,1H3/p+1/t19-,21+/m0/s1. The van der Waals surface area contributed by atoms with E-state index in [-0.39, 0.29) is 5.97 Å². The predicted molar refractivity (Wildman–Crippen MR) is 92.4 cm³/mol. The van der Waals surface area contributed by atoms with Gasteiger partial charge in [-0.05, 0) is 12.5 Å². The van der Waals surface area contributed by atoms with Crippen molar-refractivity contribution in [2.75, 3.05) is 6.54 Å². The second-order valence-electron chi connectivity index (χ2n) is 6.99. The third kappa shape index (κ3) is 2.76. The van der Waals surface area contributed by atoms with Crippen LogP contribution < -0.4 is 4.90 Å². The van der Waals surface area contributed by atoms with Crippen LogP contribution in [0, 0.1) is 0 Å². The number of nitrogens with one attached hydrogen (secondary N) is 1. The average molecular weight is 320 g/mol. The molecule has 0 aliphatic carbocycles. The van der Waals surface area contributed by atoms with Gasteiger partial charge in [-0.15, -0.1) is 0 Å². The van der Waals surface area contributed by atoms with Gasteiger partial charge in [0.05, 0.1) is 0 Å². The van der Waals surface area contributed by atoms with Crippen molar-refractivity contribution < 1.29 is 14.4 Å². The van der Waals surface area contributed by atoms with Crippen LogP contribution in [0.4, 0.5) is 0 Å². The highest BCUT2D eigenvalue weighted by molar-refractivity contribution is 5.86. The van der Waals surface area contributed by atoms with Gasteiger partial charge in [-0.1, -0.05) is 60.7 Å². The van der Waals surface area contributed by atoms with Crippen LogP contribution >= 0.6 is 0 Å². The maximum absolute atomic E-state index is 11.8. The van der Waals surface area contributed by atoms with Gasteiger partial charge in [-0.25, -0.2) is 4.79 Å². The van der Waals surface area contributed by atoms with Crippen molar-refractivity contribution in [3.63, 3.8) is 0 Å². The molecule has 1 saturated heterocycles. The number of hydrogen-bond acceptors (Lipinski definition) is 2. The van der Waals surface area contributed by atoms with Gasteiger partial charge in [-0.2, -0.15) is 0 Å². The van der Waals surface area contributed by atoms with E-state index in [1.807, 2.05) is 6.07 Å². The Hall–Kier alpha value is -2.39. The molecule has 2 aliphatic heterocycles. The van der Waals surface area contributed by atoms with Crippen LogP contribution in [0.25, 0.3) is 0 Å². The van der Waals surface area contributed by atoms with Gasteiger partial charge >= 0.3 is 5.97 Å². The van der Waals surface area contributed by atoms with Crippen molar-refractivity contribution in [1.82, 2.24) is 0 Å². The number of quaternary nitrogens is 1. The van der Waals surface area contributed by atoms with Gasteiger partial charge in [0, 0.05) is 23.6 Å². The van der Waals surface area contributed by atoms with Gasteiger partial charge in [0.25, 0.3) is 0 Å². The Balaban J connectivity index is 1.68. The third-order valence-electron chi connectivity index (χ3n) is 5.25. The molecular weight excluding hydrogens is 298 g/mol. The third-order valence-corrected chi connectivity index (χ3v) is 5.25. The normalized spacial score (nSPS) is 28.9. The van der Waals surface area contributed by atoms with Gasteiger partial charge in [0.1, 0.15) is 19.1 Å². The van der Waals surface area contributed by atoms with Crippen LogP contribution in [-0.4, -0.2) is 18.1 Å². The fraction of sp³-hybridized carbons (Fsp3) is 0.286. The minimum atomic E-state index is -0.452. The van der Waals surface area contributed by atoms with Gasteiger partial charge < -0.3 is 9.64 Å². The van der Waals surface area contributed by atoms with Crippen LogP contribution in [0.1, 0.15) is 30.5 Å². The largest absolute Gasteiger partial charge is 0.446 e. The Morgan fingerprint density at radius 1 is 1.08 bits per heavy atom. The molecule has 0 amide bonds. The smallest absolute Gasteiger partial charge is 0.331 e. The maximum Gasteiger partial charge on any atom is 0.331 e. The minimum Gasteiger partial charge on any atom is -0.446 e. The highest BCUT2D eigenvalue weighted by atomic mass is 16.6. The second-order valence-corrected chi connectivity index (χ2v) is 6.99. The Labute approximate surface area is 142 Å². The van der Waals surface area contributed by atoms with Crippen molar-refractivity contribution in [2.45, 2.75) is 31.5 Å². The van der Waals surface area contributed by atoms with Gasteiger partial charge in [0.2, 0.25) is 0 Å². The molecule has 2 aliphatic rings. The topological polar surface area (TPSA) is 30.7 Å². The lowest BCUT2D eigenvalue weighted by molar-refractivity contribution is -0.953. The number of fused-ring (bicyclic) bond motifs is 1. The van der Waals surface area contributed by atoms with Crippen LogP contribution in [0.2, 0.25) is 0 Å². The number of likely N-dealkylation sites (tertiary alicyclic amines) is 1. The van der Waals surface area contributed by atoms with Gasteiger partial charge in [0.15, 0.2) is 5.60 Å². The lowest BCUT2D eigenvalue weighted by Crippen LogP contribution is -3.14. The summed E-state index contributed by atoms with van der Waals surface area (Å²) in [7, 11) is 0. The molecule has 0 radical (unpaired) electrons. The van der Waals surface area contributed by atoms with Crippen molar-refractivity contribution in [1.29, 1.82) is 0 Å². The second kappa shape index (κ2) is 5.91. The summed E-state index contributed by atoms with van der Waals surface area (Å²) in [6.45, 7) is 3.79. The minimum absolute atomic E-state index is 0.194. The molecule has 3 heteroatoms. The molecule has 0 spiro atoms. The molecule has 4 rings (SSSR count). The summed E-state index contributed by atoms with van der Waals surface area (Å²) in [4.78, 5) is 13.3. The maximum atomic E-state index is 11.8. The molecule has 3 nitrogen and oxygen atoms in total. The molecule has 0 saturated carbocycles. The first-order chi connectivity index (χ1) is 11.6. The highest BCUT2D eigenvalue weighted by Crippen LogP contribution is 2.36. The zero-order valence-electron chi connectivity index (χ0n) is 13.9.